The van der Waals surface area contributed by atoms with Crippen LogP contribution in [0.1, 0.15) is 38.3 Å². The van der Waals surface area contributed by atoms with E-state index < -0.39 is 17.9 Å². The van der Waals surface area contributed by atoms with E-state index in [1.54, 1.807) is 24.3 Å². The van der Waals surface area contributed by atoms with Crippen molar-refractivity contribution in [2.75, 3.05) is 23.8 Å². The highest BCUT2D eigenvalue weighted by atomic mass is 19.4. The number of nitrogens with one attached hydrogen (secondary N) is 2. The van der Waals surface area contributed by atoms with Gasteiger partial charge in [-0.3, -0.25) is 0 Å². The number of pyridine rings is 1. The molecule has 0 saturated heterocycles. The van der Waals surface area contributed by atoms with E-state index in [1.165, 1.54) is 6.08 Å². The summed E-state index contributed by atoms with van der Waals surface area (Å²) in [5, 5.41) is 15.3. The van der Waals surface area contributed by atoms with Crippen LogP contribution in [0, 0.1) is 5.92 Å². The van der Waals surface area contributed by atoms with Crippen LogP contribution in [0.15, 0.2) is 53.7 Å². The maximum atomic E-state index is 13.8. The molecule has 2 unspecified atom stereocenters. The molecular weight excluding hydrogens is 474 g/mol. The number of fused-ring (bicyclic) bond motifs is 1. The molecule has 2 aromatic rings. The van der Waals surface area contributed by atoms with Crippen molar-refractivity contribution in [1.29, 1.82) is 0 Å². The Bertz CT molecular complexity index is 1290. The van der Waals surface area contributed by atoms with Gasteiger partial charge in [0.1, 0.15) is 17.2 Å². The fourth-order valence-corrected chi connectivity index (χ4v) is 4.56. The minimum atomic E-state index is -4.44. The van der Waals surface area contributed by atoms with Crippen LogP contribution in [-0.2, 0) is 0 Å². The van der Waals surface area contributed by atoms with Crippen molar-refractivity contribution in [2.24, 2.45) is 5.92 Å². The summed E-state index contributed by atoms with van der Waals surface area (Å²) >= 11 is 0. The van der Waals surface area contributed by atoms with E-state index >= 15 is 0 Å². The molecular formula is C26H27F4N5O. The summed E-state index contributed by atoms with van der Waals surface area (Å²) in [6.07, 6.45) is 4.18. The molecule has 0 amide bonds. The number of alkyl halides is 4. The van der Waals surface area contributed by atoms with E-state index in [0.29, 0.717) is 23.3 Å². The quantitative estimate of drug-likeness (QED) is 0.434. The van der Waals surface area contributed by atoms with Crippen LogP contribution in [0.2, 0.25) is 0 Å². The number of nitrogens with zero attached hydrogens (tertiary/aromatic N) is 3. The predicted molar refractivity (Wildman–Crippen MR) is 131 cm³/mol. The minimum absolute atomic E-state index is 0.000475. The van der Waals surface area contributed by atoms with Crippen molar-refractivity contribution in [3.05, 3.63) is 59.4 Å². The summed E-state index contributed by atoms with van der Waals surface area (Å²) in [4.78, 5) is 13.4. The molecule has 0 aromatic carbocycles. The highest BCUT2D eigenvalue weighted by molar-refractivity contribution is 5.89. The topological polar surface area (TPSA) is 83.0 Å². The lowest BCUT2D eigenvalue weighted by Gasteiger charge is -2.22. The Morgan fingerprint density at radius 1 is 1.17 bits per heavy atom. The molecule has 0 aliphatic heterocycles. The minimum Gasteiger partial charge on any atom is -0.396 e. The maximum Gasteiger partial charge on any atom is 0.411 e. The first-order valence-electron chi connectivity index (χ1n) is 11.9. The molecule has 0 bridgehead atoms. The van der Waals surface area contributed by atoms with E-state index in [9.17, 15) is 22.7 Å². The smallest absolute Gasteiger partial charge is 0.396 e. The first-order valence-corrected chi connectivity index (χ1v) is 11.9. The van der Waals surface area contributed by atoms with Crippen LogP contribution < -0.4 is 10.6 Å². The van der Waals surface area contributed by atoms with Gasteiger partial charge >= 0.3 is 6.18 Å². The second kappa shape index (κ2) is 9.31. The van der Waals surface area contributed by atoms with Gasteiger partial charge in [-0.05, 0) is 55.5 Å². The Morgan fingerprint density at radius 3 is 2.64 bits per heavy atom. The van der Waals surface area contributed by atoms with Gasteiger partial charge in [0.05, 0.1) is 11.2 Å². The summed E-state index contributed by atoms with van der Waals surface area (Å²) in [6.45, 7) is 2.39. The third-order valence-electron chi connectivity index (χ3n) is 6.69. The number of rotatable bonds is 7. The fraction of sp³-hybridized carbons (Fsp3) is 0.423. The van der Waals surface area contributed by atoms with Crippen molar-refractivity contribution in [3.63, 3.8) is 0 Å². The Hall–Kier alpha value is -3.27. The molecule has 2 atom stereocenters. The van der Waals surface area contributed by atoms with Crippen LogP contribution in [0.4, 0.5) is 29.3 Å². The van der Waals surface area contributed by atoms with Gasteiger partial charge in [0, 0.05) is 25.5 Å². The van der Waals surface area contributed by atoms with Crippen LogP contribution in [-0.4, -0.2) is 51.1 Å². The van der Waals surface area contributed by atoms with E-state index in [2.05, 4.69) is 25.6 Å². The fourth-order valence-electron chi connectivity index (χ4n) is 4.56. The van der Waals surface area contributed by atoms with Crippen LogP contribution in [0.25, 0.3) is 16.6 Å². The number of halogens is 4. The zero-order valence-electron chi connectivity index (χ0n) is 19.7. The molecule has 0 radical (unpaired) electrons. The zero-order chi connectivity index (χ0) is 25.5. The molecule has 2 heterocycles. The van der Waals surface area contributed by atoms with Gasteiger partial charge < -0.3 is 15.7 Å². The SMILES string of the molecule is CC1=CC(CNc2nc(NC3(C(F)(F)F)CC3)c3nc(C4=CCC(F)C=C4)ccc3n2)=CC(CO)C1. The highest BCUT2D eigenvalue weighted by Crippen LogP contribution is 2.51. The molecule has 3 aliphatic rings. The molecule has 36 heavy (non-hydrogen) atoms. The normalized spacial score (nSPS) is 23.1. The second-order valence-electron chi connectivity index (χ2n) is 9.67. The molecule has 10 heteroatoms. The van der Waals surface area contributed by atoms with Crippen molar-refractivity contribution in [1.82, 2.24) is 15.0 Å². The number of aromatic nitrogens is 3. The van der Waals surface area contributed by atoms with Crippen molar-refractivity contribution < 1.29 is 22.7 Å². The van der Waals surface area contributed by atoms with Gasteiger partial charge in [-0.2, -0.15) is 18.2 Å². The van der Waals surface area contributed by atoms with E-state index in [-0.39, 0.29) is 49.1 Å². The molecule has 6 nitrogen and oxygen atoms in total. The number of aliphatic hydroxyl groups is 1. The summed E-state index contributed by atoms with van der Waals surface area (Å²) in [5.74, 6) is 0.203. The van der Waals surface area contributed by atoms with Gasteiger partial charge in [0.25, 0.3) is 0 Å². The Morgan fingerprint density at radius 2 is 1.97 bits per heavy atom. The number of anilines is 2. The zero-order valence-corrected chi connectivity index (χ0v) is 19.7. The van der Waals surface area contributed by atoms with Gasteiger partial charge in [-0.15, -0.1) is 0 Å². The summed E-state index contributed by atoms with van der Waals surface area (Å²) < 4.78 is 54.8. The first kappa shape index (κ1) is 24.4. The number of aliphatic hydroxyl groups excluding tert-OH is 1. The standard InChI is InChI=1S/C26H27F4N5O/c1-15-10-16(12-17(11-15)14-36)13-31-24-33-21-7-6-20(18-2-4-19(27)5-3-18)32-22(21)23(34-24)35-25(8-9-25)26(28,29)30/h2-4,6-7,10,12,17,19,36H,5,8-9,11,13-14H2,1H3,(H2,31,33,34,35). The summed E-state index contributed by atoms with van der Waals surface area (Å²) in [7, 11) is 0. The van der Waals surface area contributed by atoms with Crippen LogP contribution in [0.5, 0.6) is 0 Å². The average molecular weight is 502 g/mol. The molecule has 2 aromatic heterocycles. The van der Waals surface area contributed by atoms with E-state index in [0.717, 1.165) is 17.6 Å². The van der Waals surface area contributed by atoms with Gasteiger partial charge in [0.15, 0.2) is 5.82 Å². The lowest BCUT2D eigenvalue weighted by molar-refractivity contribution is -0.151. The third-order valence-corrected chi connectivity index (χ3v) is 6.69. The van der Waals surface area contributed by atoms with Gasteiger partial charge in [-0.1, -0.05) is 29.9 Å². The number of hydrogen-bond donors (Lipinski definition) is 3. The first-order chi connectivity index (χ1) is 17.2. The predicted octanol–water partition coefficient (Wildman–Crippen LogP) is 5.51. The second-order valence-corrected chi connectivity index (χ2v) is 9.67. The molecule has 190 valence electrons. The monoisotopic (exact) mass is 501 g/mol. The average Bonchev–Trinajstić information content (AvgIpc) is 3.64. The Kier molecular flexibility index (Phi) is 6.32. The highest BCUT2D eigenvalue weighted by Gasteiger charge is 2.64. The van der Waals surface area contributed by atoms with Gasteiger partial charge in [0.2, 0.25) is 5.95 Å². The molecule has 0 spiro atoms. The number of hydrogen-bond acceptors (Lipinski definition) is 6. The Labute approximate surface area is 205 Å². The van der Waals surface area contributed by atoms with Crippen LogP contribution in [0.3, 0.4) is 0 Å². The van der Waals surface area contributed by atoms with E-state index in [1.807, 2.05) is 19.1 Å². The molecule has 3 N–H and O–H groups in total. The lowest BCUT2D eigenvalue weighted by atomic mass is 9.91. The van der Waals surface area contributed by atoms with Crippen molar-refractivity contribution in [2.45, 2.75) is 50.5 Å². The Balaban J connectivity index is 1.49. The molecule has 3 aliphatic carbocycles. The number of allylic oxidation sites excluding steroid dienone is 5. The van der Waals surface area contributed by atoms with E-state index in [4.69, 9.17) is 0 Å². The van der Waals surface area contributed by atoms with Crippen molar-refractivity contribution in [3.8, 4) is 0 Å². The molecule has 1 saturated carbocycles. The third kappa shape index (κ3) is 5.00. The lowest BCUT2D eigenvalue weighted by Crippen LogP contribution is -2.39. The summed E-state index contributed by atoms with van der Waals surface area (Å²) in [6, 6.07) is 3.40. The maximum absolute atomic E-state index is 13.8. The largest absolute Gasteiger partial charge is 0.411 e. The van der Waals surface area contributed by atoms with Crippen LogP contribution >= 0.6 is 0 Å². The van der Waals surface area contributed by atoms with Gasteiger partial charge in [-0.25, -0.2) is 14.4 Å². The molecule has 5 rings (SSSR count). The van der Waals surface area contributed by atoms with Crippen molar-refractivity contribution >= 4 is 28.4 Å². The molecule has 1 fully saturated rings. The summed E-state index contributed by atoms with van der Waals surface area (Å²) in [5.41, 5.74) is 1.86.